The van der Waals surface area contributed by atoms with E-state index in [2.05, 4.69) is 60.3 Å². The minimum Gasteiger partial charge on any atom is -0.444 e. The molecular formula is C30H47N3O2. The number of ether oxygens (including phenoxy) is 1. The topological polar surface area (TPSA) is 45.7 Å². The predicted molar refractivity (Wildman–Crippen MR) is 149 cm³/mol. The van der Waals surface area contributed by atoms with Gasteiger partial charge in [-0.25, -0.2) is 4.79 Å². The summed E-state index contributed by atoms with van der Waals surface area (Å²) in [5, 5.41) is 0. The minimum atomic E-state index is -0.221. The second-order valence-electron chi connectivity index (χ2n) is 7.75. The van der Waals surface area contributed by atoms with E-state index in [1.165, 1.54) is 5.56 Å². The lowest BCUT2D eigenvalue weighted by atomic mass is 10.1. The van der Waals surface area contributed by atoms with Crippen LogP contribution in [0.2, 0.25) is 0 Å². The molecule has 194 valence electrons. The van der Waals surface area contributed by atoms with E-state index in [0.29, 0.717) is 13.1 Å². The van der Waals surface area contributed by atoms with Crippen molar-refractivity contribution in [1.82, 2.24) is 14.8 Å². The number of hydrogen-bond acceptors (Lipinski definition) is 4. The van der Waals surface area contributed by atoms with Gasteiger partial charge < -0.3 is 9.64 Å². The van der Waals surface area contributed by atoms with E-state index in [1.807, 2.05) is 78.1 Å². The van der Waals surface area contributed by atoms with Crippen molar-refractivity contribution in [1.29, 1.82) is 0 Å². The zero-order chi connectivity index (χ0) is 26.5. The summed E-state index contributed by atoms with van der Waals surface area (Å²) >= 11 is 0. The normalized spacial score (nSPS) is 14.6. The molecule has 1 aliphatic heterocycles. The second-order valence-corrected chi connectivity index (χ2v) is 7.75. The van der Waals surface area contributed by atoms with Gasteiger partial charge in [0.05, 0.1) is 12.2 Å². The van der Waals surface area contributed by atoms with Crippen LogP contribution in [0.25, 0.3) is 0 Å². The average Bonchev–Trinajstić information content (AvgIpc) is 3.20. The number of allylic oxidation sites excluding steroid dienone is 4. The summed E-state index contributed by atoms with van der Waals surface area (Å²) in [5.41, 5.74) is 3.44. The van der Waals surface area contributed by atoms with Crippen molar-refractivity contribution in [3.63, 3.8) is 0 Å². The number of benzene rings is 1. The summed E-state index contributed by atoms with van der Waals surface area (Å²) in [4.78, 5) is 20.0. The Labute approximate surface area is 214 Å². The lowest BCUT2D eigenvalue weighted by Crippen LogP contribution is -2.24. The van der Waals surface area contributed by atoms with Crippen LogP contribution >= 0.6 is 0 Å². The SMILES string of the molecule is C/C=C\C=C/CC.CC.CC.CC1CN(Cc2ccc(CN(C)Cc3ccccn3)cc2)C(=O)O1. The van der Waals surface area contributed by atoms with Gasteiger partial charge in [0.15, 0.2) is 0 Å². The van der Waals surface area contributed by atoms with Crippen molar-refractivity contribution in [3.05, 3.63) is 89.8 Å². The van der Waals surface area contributed by atoms with Crippen molar-refractivity contribution < 1.29 is 9.53 Å². The number of carbonyl (C=O) groups is 1. The number of cyclic esters (lactones) is 1. The van der Waals surface area contributed by atoms with Crippen LogP contribution in [0.15, 0.2) is 73.0 Å². The summed E-state index contributed by atoms with van der Waals surface area (Å²) in [5.74, 6) is 0. The third kappa shape index (κ3) is 14.2. The molecule has 1 aromatic heterocycles. The van der Waals surface area contributed by atoms with Gasteiger partial charge in [0.1, 0.15) is 6.10 Å². The fourth-order valence-corrected chi connectivity index (χ4v) is 3.23. The molecule has 0 N–H and O–H groups in total. The number of amides is 1. The lowest BCUT2D eigenvalue weighted by Gasteiger charge is -2.17. The van der Waals surface area contributed by atoms with E-state index in [0.717, 1.165) is 30.8 Å². The van der Waals surface area contributed by atoms with Crippen LogP contribution in [0.4, 0.5) is 4.79 Å². The third-order valence-corrected chi connectivity index (χ3v) is 4.72. The summed E-state index contributed by atoms with van der Waals surface area (Å²) in [6, 6.07) is 14.4. The van der Waals surface area contributed by atoms with E-state index in [-0.39, 0.29) is 12.2 Å². The Hall–Kier alpha value is -2.92. The van der Waals surface area contributed by atoms with Crippen molar-refractivity contribution in [3.8, 4) is 0 Å². The molecule has 0 radical (unpaired) electrons. The number of aromatic nitrogens is 1. The highest BCUT2D eigenvalue weighted by Crippen LogP contribution is 2.16. The van der Waals surface area contributed by atoms with Crippen LogP contribution < -0.4 is 0 Å². The Bertz CT molecular complexity index is 832. The fraction of sp³-hybridized carbons (Fsp3) is 0.467. The maximum Gasteiger partial charge on any atom is 0.410 e. The van der Waals surface area contributed by atoms with Crippen LogP contribution in [0.1, 0.15) is 71.7 Å². The molecule has 3 rings (SSSR count). The van der Waals surface area contributed by atoms with Crippen molar-refractivity contribution in [2.75, 3.05) is 13.6 Å². The maximum absolute atomic E-state index is 11.7. The summed E-state index contributed by atoms with van der Waals surface area (Å²) in [6.07, 6.45) is 10.9. The van der Waals surface area contributed by atoms with Crippen LogP contribution in [0, 0.1) is 0 Å². The number of pyridine rings is 1. The molecule has 5 nitrogen and oxygen atoms in total. The first kappa shape index (κ1) is 32.1. The lowest BCUT2D eigenvalue weighted by molar-refractivity contribution is 0.137. The molecule has 1 aromatic carbocycles. The third-order valence-electron chi connectivity index (χ3n) is 4.72. The van der Waals surface area contributed by atoms with E-state index >= 15 is 0 Å². The molecule has 0 bridgehead atoms. The molecule has 1 saturated heterocycles. The van der Waals surface area contributed by atoms with Crippen LogP contribution in [0.3, 0.4) is 0 Å². The van der Waals surface area contributed by atoms with Gasteiger partial charge in [-0.15, -0.1) is 0 Å². The molecule has 2 aromatic rings. The van der Waals surface area contributed by atoms with Gasteiger partial charge in [-0.3, -0.25) is 9.88 Å². The number of hydrogen-bond donors (Lipinski definition) is 0. The fourth-order valence-electron chi connectivity index (χ4n) is 3.23. The Morgan fingerprint density at radius 3 is 2.20 bits per heavy atom. The van der Waals surface area contributed by atoms with Gasteiger partial charge in [0.2, 0.25) is 0 Å². The molecule has 0 aliphatic carbocycles. The molecule has 5 heteroatoms. The van der Waals surface area contributed by atoms with Gasteiger partial charge in [-0.05, 0) is 50.6 Å². The largest absolute Gasteiger partial charge is 0.444 e. The molecule has 0 saturated carbocycles. The summed E-state index contributed by atoms with van der Waals surface area (Å²) in [7, 11) is 2.09. The maximum atomic E-state index is 11.7. The quantitative estimate of drug-likeness (QED) is 0.364. The highest BCUT2D eigenvalue weighted by atomic mass is 16.6. The Morgan fingerprint density at radius 1 is 1.03 bits per heavy atom. The monoisotopic (exact) mass is 481 g/mol. The Balaban J connectivity index is 0.000000897. The van der Waals surface area contributed by atoms with E-state index in [9.17, 15) is 4.79 Å². The zero-order valence-corrected chi connectivity index (χ0v) is 23.2. The molecule has 1 atom stereocenters. The van der Waals surface area contributed by atoms with Gasteiger partial charge in [-0.1, -0.05) is 89.3 Å². The van der Waals surface area contributed by atoms with E-state index < -0.39 is 0 Å². The predicted octanol–water partition coefficient (Wildman–Crippen LogP) is 7.64. The minimum absolute atomic E-state index is 0.0166. The average molecular weight is 482 g/mol. The van der Waals surface area contributed by atoms with Gasteiger partial charge in [-0.2, -0.15) is 0 Å². The highest BCUT2D eigenvalue weighted by molar-refractivity contribution is 5.69. The zero-order valence-electron chi connectivity index (χ0n) is 23.2. The van der Waals surface area contributed by atoms with Crippen molar-refractivity contribution in [2.24, 2.45) is 0 Å². The highest BCUT2D eigenvalue weighted by Gasteiger charge is 2.27. The molecule has 1 amide bonds. The standard InChI is InChI=1S/C19H23N3O2.C7H12.2C2H6/c1-15-11-22(19(23)24-15)13-17-8-6-16(7-9-17)12-21(2)14-18-5-3-4-10-20-18;1-3-5-7-6-4-2;2*1-2/h3-10,15H,11-14H2,1-2H3;3,5-7H,4H2,1-2H3;2*1-2H3/b;5-3-,7-6-;;. The first-order valence-electron chi connectivity index (χ1n) is 12.9. The van der Waals surface area contributed by atoms with Gasteiger partial charge >= 0.3 is 6.09 Å². The van der Waals surface area contributed by atoms with Crippen molar-refractivity contribution in [2.45, 2.75) is 80.6 Å². The molecule has 0 spiro atoms. The molecule has 1 fully saturated rings. The number of nitrogens with zero attached hydrogens (tertiary/aromatic N) is 3. The Morgan fingerprint density at radius 2 is 1.69 bits per heavy atom. The van der Waals surface area contributed by atoms with Crippen molar-refractivity contribution >= 4 is 6.09 Å². The summed E-state index contributed by atoms with van der Waals surface area (Å²) in [6.45, 7) is 17.0. The molecule has 2 heterocycles. The number of carbonyl (C=O) groups excluding carboxylic acids is 1. The summed E-state index contributed by atoms with van der Waals surface area (Å²) < 4.78 is 5.15. The van der Waals surface area contributed by atoms with Gasteiger partial charge in [0, 0.05) is 25.8 Å². The first-order chi connectivity index (χ1) is 17.0. The molecule has 1 unspecified atom stereocenters. The van der Waals surface area contributed by atoms with Crippen LogP contribution in [0.5, 0.6) is 0 Å². The molecular weight excluding hydrogens is 434 g/mol. The molecule has 35 heavy (non-hydrogen) atoms. The smallest absolute Gasteiger partial charge is 0.410 e. The van der Waals surface area contributed by atoms with Gasteiger partial charge in [0.25, 0.3) is 0 Å². The molecule has 1 aliphatic rings. The number of rotatable bonds is 8. The van der Waals surface area contributed by atoms with Crippen LogP contribution in [-0.2, 0) is 24.4 Å². The van der Waals surface area contributed by atoms with E-state index in [4.69, 9.17) is 4.74 Å². The van der Waals surface area contributed by atoms with Crippen LogP contribution in [-0.4, -0.2) is 40.6 Å². The van der Waals surface area contributed by atoms with E-state index in [1.54, 1.807) is 4.90 Å². The first-order valence-corrected chi connectivity index (χ1v) is 12.9. The second kappa shape index (κ2) is 20.5. The Kier molecular flexibility index (Phi) is 18.7.